The van der Waals surface area contributed by atoms with E-state index in [1.165, 1.54) is 0 Å². The summed E-state index contributed by atoms with van der Waals surface area (Å²) in [5, 5.41) is 2.95. The molecule has 2 heterocycles. The Morgan fingerprint density at radius 2 is 2.32 bits per heavy atom. The van der Waals surface area contributed by atoms with E-state index in [1.54, 1.807) is 0 Å². The Hall–Kier alpha value is -1.55. The van der Waals surface area contributed by atoms with Gasteiger partial charge in [-0.3, -0.25) is 4.79 Å². The van der Waals surface area contributed by atoms with E-state index in [2.05, 4.69) is 12.2 Å². The van der Waals surface area contributed by atoms with E-state index >= 15 is 0 Å². The van der Waals surface area contributed by atoms with Gasteiger partial charge in [-0.05, 0) is 18.6 Å². The second kappa shape index (κ2) is 5.21. The van der Waals surface area contributed by atoms with Gasteiger partial charge in [-0.15, -0.1) is 0 Å². The highest BCUT2D eigenvalue weighted by atomic mass is 16.6. The summed E-state index contributed by atoms with van der Waals surface area (Å²) >= 11 is 0. The number of fused-ring (bicyclic) bond motifs is 1. The van der Waals surface area contributed by atoms with Gasteiger partial charge in [0.25, 0.3) is 0 Å². The van der Waals surface area contributed by atoms with Gasteiger partial charge in [-0.1, -0.05) is 25.8 Å². The molecule has 0 spiro atoms. The summed E-state index contributed by atoms with van der Waals surface area (Å²) in [6, 6.07) is 5.81. The van der Waals surface area contributed by atoms with Crippen molar-refractivity contribution < 1.29 is 14.3 Å². The number of hydrogen-bond acceptors (Lipinski definition) is 3. The number of rotatable bonds is 6. The number of hydrogen-bond donors (Lipinski definition) is 1. The Morgan fingerprint density at radius 3 is 3.05 bits per heavy atom. The van der Waals surface area contributed by atoms with Crippen LogP contribution in [0.4, 0.5) is 5.69 Å². The zero-order chi connectivity index (χ0) is 13.2. The maximum absolute atomic E-state index is 12.0. The first kappa shape index (κ1) is 12.5. The number of amides is 1. The third-order valence-electron chi connectivity index (χ3n) is 3.66. The van der Waals surface area contributed by atoms with E-state index in [1.807, 2.05) is 18.2 Å². The Labute approximate surface area is 113 Å². The van der Waals surface area contributed by atoms with Crippen LogP contribution in [0.1, 0.15) is 37.7 Å². The summed E-state index contributed by atoms with van der Waals surface area (Å²) in [5.74, 6) is 0.862. The van der Waals surface area contributed by atoms with Gasteiger partial charge in [-0.25, -0.2) is 0 Å². The number of anilines is 1. The van der Waals surface area contributed by atoms with Crippen LogP contribution < -0.4 is 10.1 Å². The number of ether oxygens (including phenoxy) is 2. The summed E-state index contributed by atoms with van der Waals surface area (Å²) in [5.41, 5.74) is 1.93. The van der Waals surface area contributed by atoms with Gasteiger partial charge in [0.2, 0.25) is 5.91 Å². The van der Waals surface area contributed by atoms with Crippen molar-refractivity contribution in [2.45, 2.75) is 38.2 Å². The van der Waals surface area contributed by atoms with Crippen molar-refractivity contribution in [2.24, 2.45) is 0 Å². The van der Waals surface area contributed by atoms with Crippen LogP contribution in [-0.4, -0.2) is 25.2 Å². The zero-order valence-electron chi connectivity index (χ0n) is 11.1. The highest BCUT2D eigenvalue weighted by Gasteiger charge is 2.33. The van der Waals surface area contributed by atoms with Gasteiger partial charge in [0.05, 0.1) is 12.5 Å². The fourth-order valence-corrected chi connectivity index (χ4v) is 2.52. The maximum atomic E-state index is 12.0. The summed E-state index contributed by atoms with van der Waals surface area (Å²) in [6.07, 6.45) is 3.26. The van der Waals surface area contributed by atoms with Crippen LogP contribution in [0.25, 0.3) is 0 Å². The molecule has 0 bridgehead atoms. The van der Waals surface area contributed by atoms with E-state index in [0.717, 1.165) is 42.9 Å². The van der Waals surface area contributed by atoms with Gasteiger partial charge in [-0.2, -0.15) is 0 Å². The summed E-state index contributed by atoms with van der Waals surface area (Å²) < 4.78 is 11.0. The fraction of sp³-hybridized carbons (Fsp3) is 0.533. The number of benzene rings is 1. The SMILES string of the molecule is CCCCC1C(=O)Nc2cccc(OCC3CO3)c21. The smallest absolute Gasteiger partial charge is 0.232 e. The number of epoxide rings is 1. The third-order valence-corrected chi connectivity index (χ3v) is 3.66. The Kier molecular flexibility index (Phi) is 3.42. The molecule has 1 fully saturated rings. The van der Waals surface area contributed by atoms with Crippen molar-refractivity contribution in [2.75, 3.05) is 18.5 Å². The first-order chi connectivity index (χ1) is 9.29. The highest BCUT2D eigenvalue weighted by molar-refractivity contribution is 6.03. The molecule has 0 saturated carbocycles. The third kappa shape index (κ3) is 2.59. The van der Waals surface area contributed by atoms with Crippen LogP contribution in [0.2, 0.25) is 0 Å². The molecule has 19 heavy (non-hydrogen) atoms. The molecule has 0 aromatic heterocycles. The summed E-state index contributed by atoms with van der Waals surface area (Å²) in [6.45, 7) is 3.50. The number of nitrogens with one attached hydrogen (secondary N) is 1. The standard InChI is InChI=1S/C15H19NO3/c1-2-3-5-11-14-12(16-15(11)17)6-4-7-13(14)19-9-10-8-18-10/h4,6-7,10-11H,2-3,5,8-9H2,1H3,(H,16,17). The van der Waals surface area contributed by atoms with Crippen LogP contribution in [-0.2, 0) is 9.53 Å². The molecule has 1 aromatic rings. The molecule has 0 radical (unpaired) electrons. The van der Waals surface area contributed by atoms with Crippen molar-refractivity contribution >= 4 is 11.6 Å². The molecule has 0 aliphatic carbocycles. The lowest BCUT2D eigenvalue weighted by Gasteiger charge is -2.13. The normalized spacial score (nSPS) is 23.9. The lowest BCUT2D eigenvalue weighted by molar-refractivity contribution is -0.117. The molecular formula is C15H19NO3. The Bertz CT molecular complexity index is 482. The van der Waals surface area contributed by atoms with Crippen molar-refractivity contribution in [1.82, 2.24) is 0 Å². The van der Waals surface area contributed by atoms with Crippen LogP contribution in [0.15, 0.2) is 18.2 Å². The minimum Gasteiger partial charge on any atom is -0.490 e. The van der Waals surface area contributed by atoms with Gasteiger partial charge < -0.3 is 14.8 Å². The quantitative estimate of drug-likeness (QED) is 0.801. The lowest BCUT2D eigenvalue weighted by atomic mass is 9.94. The molecule has 102 valence electrons. The van der Waals surface area contributed by atoms with Gasteiger partial charge in [0.1, 0.15) is 18.5 Å². The molecule has 2 aliphatic rings. The Balaban J connectivity index is 1.81. The molecule has 4 heteroatoms. The molecule has 2 aliphatic heterocycles. The predicted molar refractivity (Wildman–Crippen MR) is 72.6 cm³/mol. The van der Waals surface area contributed by atoms with E-state index < -0.39 is 0 Å². The topological polar surface area (TPSA) is 50.9 Å². The van der Waals surface area contributed by atoms with Crippen molar-refractivity contribution in [3.05, 3.63) is 23.8 Å². The van der Waals surface area contributed by atoms with E-state index in [9.17, 15) is 4.79 Å². The average molecular weight is 261 g/mol. The maximum Gasteiger partial charge on any atom is 0.232 e. The largest absolute Gasteiger partial charge is 0.490 e. The van der Waals surface area contributed by atoms with Crippen molar-refractivity contribution in [1.29, 1.82) is 0 Å². The highest BCUT2D eigenvalue weighted by Crippen LogP contribution is 2.41. The first-order valence-corrected chi connectivity index (χ1v) is 6.97. The minimum atomic E-state index is -0.0636. The zero-order valence-corrected chi connectivity index (χ0v) is 11.1. The lowest BCUT2D eigenvalue weighted by Crippen LogP contribution is -2.12. The number of carbonyl (C=O) groups is 1. The van der Waals surface area contributed by atoms with E-state index in [-0.39, 0.29) is 17.9 Å². The monoisotopic (exact) mass is 261 g/mol. The molecule has 1 amide bonds. The van der Waals surface area contributed by atoms with Crippen LogP contribution in [0.5, 0.6) is 5.75 Å². The number of carbonyl (C=O) groups excluding carboxylic acids is 1. The summed E-state index contributed by atoms with van der Waals surface area (Å²) in [7, 11) is 0. The van der Waals surface area contributed by atoms with Crippen molar-refractivity contribution in [3.8, 4) is 5.75 Å². The van der Waals surface area contributed by atoms with Gasteiger partial charge >= 0.3 is 0 Å². The van der Waals surface area contributed by atoms with Crippen LogP contribution in [0.3, 0.4) is 0 Å². The average Bonchev–Trinajstić information content (AvgIpc) is 3.17. The molecule has 2 atom stereocenters. The fourth-order valence-electron chi connectivity index (χ4n) is 2.52. The molecule has 2 unspecified atom stereocenters. The van der Waals surface area contributed by atoms with Crippen LogP contribution >= 0.6 is 0 Å². The Morgan fingerprint density at radius 1 is 1.47 bits per heavy atom. The van der Waals surface area contributed by atoms with Gasteiger partial charge in [0.15, 0.2) is 0 Å². The molecule has 1 N–H and O–H groups in total. The minimum absolute atomic E-state index is 0.0636. The summed E-state index contributed by atoms with van der Waals surface area (Å²) in [4.78, 5) is 12.0. The molecule has 1 saturated heterocycles. The van der Waals surface area contributed by atoms with E-state index in [4.69, 9.17) is 9.47 Å². The second-order valence-electron chi connectivity index (χ2n) is 5.17. The molecule has 4 nitrogen and oxygen atoms in total. The van der Waals surface area contributed by atoms with Gasteiger partial charge in [0, 0.05) is 11.3 Å². The number of unbranched alkanes of at least 4 members (excludes halogenated alkanes) is 1. The molecule has 3 rings (SSSR count). The second-order valence-corrected chi connectivity index (χ2v) is 5.17. The van der Waals surface area contributed by atoms with E-state index in [0.29, 0.717) is 6.61 Å². The molecule has 1 aromatic carbocycles. The predicted octanol–water partition coefficient (Wildman–Crippen LogP) is 2.69. The first-order valence-electron chi connectivity index (χ1n) is 6.97. The van der Waals surface area contributed by atoms with Crippen LogP contribution in [0, 0.1) is 0 Å². The molecular weight excluding hydrogens is 242 g/mol. The van der Waals surface area contributed by atoms with Crippen molar-refractivity contribution in [3.63, 3.8) is 0 Å².